The van der Waals surface area contributed by atoms with Gasteiger partial charge in [0.1, 0.15) is 10.8 Å². The van der Waals surface area contributed by atoms with Crippen molar-refractivity contribution in [2.24, 2.45) is 0 Å². The molecule has 2 aromatic rings. The van der Waals surface area contributed by atoms with Gasteiger partial charge in [-0.05, 0) is 30.4 Å². The summed E-state index contributed by atoms with van der Waals surface area (Å²) in [6.45, 7) is 0. The molecule has 0 aliphatic carbocycles. The van der Waals surface area contributed by atoms with Crippen molar-refractivity contribution in [1.29, 1.82) is 0 Å². The first-order chi connectivity index (χ1) is 11.7. The number of rotatable bonds is 2. The smallest absolute Gasteiger partial charge is 0.289 e. The molecule has 0 saturated heterocycles. The van der Waals surface area contributed by atoms with Gasteiger partial charge in [0.05, 0.1) is 15.7 Å². The lowest BCUT2D eigenvalue weighted by atomic mass is 10.3. The molecule has 0 spiro atoms. The molecule has 25 heavy (non-hydrogen) atoms. The van der Waals surface area contributed by atoms with Crippen LogP contribution in [0.4, 0.5) is 15.8 Å². The summed E-state index contributed by atoms with van der Waals surface area (Å²) >= 11 is 28.1. The van der Waals surface area contributed by atoms with Crippen LogP contribution in [0.15, 0.2) is 18.2 Å². The predicted molar refractivity (Wildman–Crippen MR) is 102 cm³/mol. The Hall–Kier alpha value is -1.58. The Balaban J connectivity index is 2.02. The van der Waals surface area contributed by atoms with E-state index in [4.69, 9.17) is 64.4 Å². The summed E-state index contributed by atoms with van der Waals surface area (Å²) in [6, 6.07) is 3.90. The molecule has 0 saturated carbocycles. The number of nitrogen functional groups attached to an aromatic ring is 1. The summed E-state index contributed by atoms with van der Waals surface area (Å²) in [5.41, 5.74) is 10.4. The minimum absolute atomic E-state index is 0.000166. The van der Waals surface area contributed by atoms with E-state index in [-0.39, 0.29) is 36.7 Å². The van der Waals surface area contributed by atoms with Crippen LogP contribution < -0.4 is 21.9 Å². The number of thiocarbonyl (C=S) groups is 1. The van der Waals surface area contributed by atoms with Crippen molar-refractivity contribution >= 4 is 81.0 Å². The van der Waals surface area contributed by atoms with E-state index in [1.54, 1.807) is 0 Å². The van der Waals surface area contributed by atoms with Crippen LogP contribution >= 0.6 is 58.6 Å². The highest BCUT2D eigenvalue weighted by atomic mass is 35.5. The van der Waals surface area contributed by atoms with Crippen molar-refractivity contribution in [2.45, 2.75) is 0 Å². The largest absolute Gasteiger partial charge is 0.396 e. The molecule has 1 aromatic carbocycles. The number of carbonyl (C=O) groups excluding carboxylic acids is 1. The quantitative estimate of drug-likeness (QED) is 0.318. The third-order valence-electron chi connectivity index (χ3n) is 2.75. The number of hydrogen-bond donors (Lipinski definition) is 4. The molecular weight excluding hydrogens is 435 g/mol. The van der Waals surface area contributed by atoms with E-state index in [1.807, 2.05) is 0 Å². The average molecular weight is 443 g/mol. The summed E-state index contributed by atoms with van der Waals surface area (Å²) in [7, 11) is 0. The molecule has 1 heterocycles. The minimum atomic E-state index is -0.753. The van der Waals surface area contributed by atoms with Gasteiger partial charge in [-0.15, -0.1) is 0 Å². The maximum Gasteiger partial charge on any atom is 0.289 e. The topological polar surface area (TPSA) is 92.1 Å². The Morgan fingerprint density at radius 2 is 1.84 bits per heavy atom. The number of hydrazine groups is 1. The van der Waals surface area contributed by atoms with Gasteiger partial charge in [-0.1, -0.05) is 46.4 Å². The second-order valence-electron chi connectivity index (χ2n) is 4.45. The monoisotopic (exact) mass is 441 g/mol. The van der Waals surface area contributed by atoms with Crippen LogP contribution in [0.1, 0.15) is 10.5 Å². The molecule has 6 nitrogen and oxygen atoms in total. The van der Waals surface area contributed by atoms with E-state index < -0.39 is 11.7 Å². The summed E-state index contributed by atoms with van der Waals surface area (Å²) in [4.78, 5) is 15.9. The summed E-state index contributed by atoms with van der Waals surface area (Å²) in [5, 5.41) is 2.23. The van der Waals surface area contributed by atoms with Gasteiger partial charge in [-0.2, -0.15) is 0 Å². The van der Waals surface area contributed by atoms with Crippen LogP contribution in [-0.4, -0.2) is 16.0 Å². The van der Waals surface area contributed by atoms with Gasteiger partial charge in [-0.25, -0.2) is 9.37 Å². The van der Waals surface area contributed by atoms with Crippen LogP contribution in [0.3, 0.4) is 0 Å². The number of nitrogens with two attached hydrogens (primary N) is 1. The fourth-order valence-electron chi connectivity index (χ4n) is 1.59. The number of carbonyl (C=O) groups is 1. The summed E-state index contributed by atoms with van der Waals surface area (Å²) in [5.74, 6) is -1.33. The number of aromatic nitrogens is 1. The molecule has 0 radical (unpaired) electrons. The Bertz CT molecular complexity index is 867. The predicted octanol–water partition coefficient (Wildman–Crippen LogP) is 4.05. The second-order valence-corrected chi connectivity index (χ2v) is 6.38. The van der Waals surface area contributed by atoms with Gasteiger partial charge in [0.2, 0.25) is 0 Å². The van der Waals surface area contributed by atoms with Crippen molar-refractivity contribution in [3.05, 3.63) is 49.9 Å². The van der Waals surface area contributed by atoms with Gasteiger partial charge < -0.3 is 11.1 Å². The number of halogens is 5. The van der Waals surface area contributed by atoms with E-state index in [1.165, 1.54) is 12.1 Å². The molecule has 1 amide bonds. The number of hydrogen-bond acceptors (Lipinski definition) is 4. The van der Waals surface area contributed by atoms with E-state index in [2.05, 4.69) is 21.2 Å². The fourth-order valence-corrected chi connectivity index (χ4v) is 2.53. The number of amides is 1. The molecular formula is C13H8Cl4FN5OS. The number of pyridine rings is 1. The Kier molecular flexibility index (Phi) is 6.47. The molecule has 1 aromatic heterocycles. The normalized spacial score (nSPS) is 10.3. The zero-order valence-electron chi connectivity index (χ0n) is 12.0. The van der Waals surface area contributed by atoms with Crippen molar-refractivity contribution in [3.63, 3.8) is 0 Å². The van der Waals surface area contributed by atoms with Gasteiger partial charge in [0.25, 0.3) is 5.91 Å². The Morgan fingerprint density at radius 3 is 2.48 bits per heavy atom. The van der Waals surface area contributed by atoms with E-state index in [0.717, 1.165) is 6.07 Å². The Labute approximate surface area is 166 Å². The van der Waals surface area contributed by atoms with Crippen molar-refractivity contribution in [3.8, 4) is 0 Å². The standard InChI is InChI=1S/C13H8Cl4FN5OS/c14-5-3-4(1-2-6(5)18)20-13(25)23-22-12(24)10-7(15)9(19)8(16)11(17)21-10/h1-3H,(H2,19,21)(H,22,24)(H2,20,23,25). The third-order valence-corrected chi connectivity index (χ3v) is 4.38. The van der Waals surface area contributed by atoms with E-state index >= 15 is 0 Å². The summed E-state index contributed by atoms with van der Waals surface area (Å²) in [6.07, 6.45) is 0. The summed E-state index contributed by atoms with van der Waals surface area (Å²) < 4.78 is 13.1. The molecule has 132 valence electrons. The lowest BCUT2D eigenvalue weighted by Gasteiger charge is -2.13. The van der Waals surface area contributed by atoms with Crippen molar-refractivity contribution in [1.82, 2.24) is 15.8 Å². The maximum absolute atomic E-state index is 13.1. The van der Waals surface area contributed by atoms with Crippen LogP contribution in [0.2, 0.25) is 20.2 Å². The van der Waals surface area contributed by atoms with Gasteiger partial charge in [0, 0.05) is 5.69 Å². The molecule has 2 rings (SSSR count). The molecule has 12 heteroatoms. The average Bonchev–Trinajstić information content (AvgIpc) is 2.57. The van der Waals surface area contributed by atoms with E-state index in [0.29, 0.717) is 5.69 Å². The maximum atomic E-state index is 13.1. The van der Waals surface area contributed by atoms with Crippen molar-refractivity contribution < 1.29 is 9.18 Å². The van der Waals surface area contributed by atoms with Gasteiger partial charge in [-0.3, -0.25) is 15.6 Å². The van der Waals surface area contributed by atoms with Crippen LogP contribution in [0, 0.1) is 5.82 Å². The number of anilines is 2. The molecule has 0 unspecified atom stereocenters. The SMILES string of the molecule is Nc1c(Cl)c(Cl)nc(C(=O)NNC(=S)Nc2ccc(F)c(Cl)c2)c1Cl. The lowest BCUT2D eigenvalue weighted by molar-refractivity contribution is 0.0939. The highest BCUT2D eigenvalue weighted by Crippen LogP contribution is 2.34. The van der Waals surface area contributed by atoms with Crippen molar-refractivity contribution in [2.75, 3.05) is 11.1 Å². The van der Waals surface area contributed by atoms with Gasteiger partial charge >= 0.3 is 0 Å². The molecule has 0 aliphatic heterocycles. The van der Waals surface area contributed by atoms with Crippen LogP contribution in [0.25, 0.3) is 0 Å². The highest BCUT2D eigenvalue weighted by molar-refractivity contribution is 7.80. The first-order valence-electron chi connectivity index (χ1n) is 6.33. The number of benzene rings is 1. The molecule has 0 aliphatic rings. The molecule has 0 bridgehead atoms. The van der Waals surface area contributed by atoms with Gasteiger partial charge in [0.15, 0.2) is 16.0 Å². The van der Waals surface area contributed by atoms with Crippen LogP contribution in [0.5, 0.6) is 0 Å². The lowest BCUT2D eigenvalue weighted by Crippen LogP contribution is -2.44. The molecule has 5 N–H and O–H groups in total. The fraction of sp³-hybridized carbons (Fsp3) is 0. The minimum Gasteiger partial charge on any atom is -0.396 e. The molecule has 0 atom stereocenters. The highest BCUT2D eigenvalue weighted by Gasteiger charge is 2.19. The number of nitrogens with one attached hydrogen (secondary N) is 3. The molecule has 0 fully saturated rings. The zero-order chi connectivity index (χ0) is 18.7. The zero-order valence-corrected chi connectivity index (χ0v) is 15.8. The first-order valence-corrected chi connectivity index (χ1v) is 8.25. The van der Waals surface area contributed by atoms with Crippen LogP contribution in [-0.2, 0) is 0 Å². The van der Waals surface area contributed by atoms with E-state index in [9.17, 15) is 9.18 Å². The second kappa shape index (κ2) is 8.20. The third kappa shape index (κ3) is 4.74. The first kappa shape index (κ1) is 19.7. The Morgan fingerprint density at radius 1 is 1.16 bits per heavy atom. The number of nitrogens with zero attached hydrogens (tertiary/aromatic N) is 1.